The number of carbonyl (C=O) groups excluding carboxylic acids is 1. The average Bonchev–Trinajstić information content (AvgIpc) is 2.68. The maximum absolute atomic E-state index is 13.5. The van der Waals surface area contributed by atoms with Crippen molar-refractivity contribution in [1.29, 1.82) is 0 Å². The van der Waals surface area contributed by atoms with Crippen LogP contribution in [0.4, 0.5) is 22.0 Å². The lowest BCUT2D eigenvalue weighted by atomic mass is 10.1. The summed E-state index contributed by atoms with van der Waals surface area (Å²) in [6, 6.07) is 6.23. The predicted molar refractivity (Wildman–Crippen MR) is 90.8 cm³/mol. The fraction of sp³-hybridized carbons (Fsp3) is 0.158. The fourth-order valence-electron chi connectivity index (χ4n) is 2.58. The zero-order valence-corrected chi connectivity index (χ0v) is 14.7. The third kappa shape index (κ3) is 4.05. The van der Waals surface area contributed by atoms with Gasteiger partial charge in [0.2, 0.25) is 29.1 Å². The van der Waals surface area contributed by atoms with Gasteiger partial charge in [-0.05, 0) is 24.1 Å². The molecule has 0 aliphatic carbocycles. The third-order valence-corrected chi connectivity index (χ3v) is 3.98. The van der Waals surface area contributed by atoms with Crippen molar-refractivity contribution in [3.05, 3.63) is 74.9 Å². The van der Waals surface area contributed by atoms with Crippen molar-refractivity contribution < 1.29 is 35.9 Å². The first-order valence-electron chi connectivity index (χ1n) is 8.13. The van der Waals surface area contributed by atoms with Gasteiger partial charge >= 0.3 is 5.63 Å². The Hall–Kier alpha value is -3.43. The number of amides is 1. The van der Waals surface area contributed by atoms with E-state index < -0.39 is 53.0 Å². The van der Waals surface area contributed by atoms with Gasteiger partial charge in [0, 0.05) is 18.0 Å². The molecule has 0 fully saturated rings. The van der Waals surface area contributed by atoms with Crippen molar-refractivity contribution in [3.8, 4) is 5.75 Å². The minimum Gasteiger partial charge on any atom is -0.477 e. The van der Waals surface area contributed by atoms with Crippen LogP contribution in [0.1, 0.15) is 11.1 Å². The van der Waals surface area contributed by atoms with Crippen molar-refractivity contribution >= 4 is 16.9 Å². The molecule has 0 aliphatic heterocycles. The summed E-state index contributed by atoms with van der Waals surface area (Å²) in [5, 5.41) is 2.88. The van der Waals surface area contributed by atoms with E-state index in [0.717, 1.165) is 11.6 Å². The summed E-state index contributed by atoms with van der Waals surface area (Å²) in [5.74, 6) is -13.5. The van der Waals surface area contributed by atoms with Crippen LogP contribution in [-0.2, 0) is 11.3 Å². The molecule has 5 nitrogen and oxygen atoms in total. The number of nitrogens with one attached hydrogen (secondary N) is 1. The zero-order chi connectivity index (χ0) is 21.3. The summed E-state index contributed by atoms with van der Waals surface area (Å²) >= 11 is 0. The van der Waals surface area contributed by atoms with Crippen LogP contribution in [0.15, 0.2) is 33.5 Å². The van der Waals surface area contributed by atoms with Crippen LogP contribution in [0.25, 0.3) is 11.0 Å². The summed E-state index contributed by atoms with van der Waals surface area (Å²) in [5.41, 5.74) is 0.906. The number of ether oxygens (including phenoxy) is 1. The predicted octanol–water partition coefficient (Wildman–Crippen LogP) is 3.49. The number of rotatable bonds is 5. The van der Waals surface area contributed by atoms with Gasteiger partial charge in [-0.15, -0.1) is 0 Å². The average molecular weight is 413 g/mol. The molecule has 2 aromatic carbocycles. The van der Waals surface area contributed by atoms with Gasteiger partial charge in [-0.1, -0.05) is 12.1 Å². The number of fused-ring (bicyclic) bond motifs is 1. The molecule has 0 atom stereocenters. The molecular formula is C19H12F5NO4. The number of benzene rings is 2. The Morgan fingerprint density at radius 2 is 1.62 bits per heavy atom. The number of carbonyl (C=O) groups is 1. The molecule has 29 heavy (non-hydrogen) atoms. The van der Waals surface area contributed by atoms with Crippen LogP contribution < -0.4 is 15.7 Å². The van der Waals surface area contributed by atoms with E-state index in [2.05, 4.69) is 10.1 Å². The molecule has 1 aromatic heterocycles. The second kappa shape index (κ2) is 7.90. The van der Waals surface area contributed by atoms with Gasteiger partial charge in [0.05, 0.1) is 0 Å². The number of hydrogen-bond acceptors (Lipinski definition) is 4. The molecule has 3 rings (SSSR count). The lowest BCUT2D eigenvalue weighted by molar-refractivity contribution is -0.123. The highest BCUT2D eigenvalue weighted by Gasteiger charge is 2.27. The molecule has 3 aromatic rings. The molecule has 1 N–H and O–H groups in total. The first-order chi connectivity index (χ1) is 13.7. The van der Waals surface area contributed by atoms with Gasteiger partial charge in [-0.25, -0.2) is 18.0 Å². The Kier molecular flexibility index (Phi) is 5.53. The van der Waals surface area contributed by atoms with E-state index in [1.54, 1.807) is 25.1 Å². The Labute approximate surface area is 159 Å². The van der Waals surface area contributed by atoms with Gasteiger partial charge in [-0.3, -0.25) is 4.79 Å². The summed E-state index contributed by atoms with van der Waals surface area (Å²) in [6.45, 7) is 0.617. The van der Waals surface area contributed by atoms with E-state index in [1.165, 1.54) is 0 Å². The first-order valence-corrected chi connectivity index (χ1v) is 8.13. The standard InChI is InChI=1S/C19H12F5NO4/c1-8-2-3-10-9(5-13(27)29-11(10)4-8)6-25-12(26)7-28-19-17(23)15(21)14(20)16(22)18(19)24/h2-5H,6-7H2,1H3,(H,25,26). The van der Waals surface area contributed by atoms with Crippen molar-refractivity contribution in [2.24, 2.45) is 0 Å². The van der Waals surface area contributed by atoms with E-state index in [4.69, 9.17) is 4.42 Å². The van der Waals surface area contributed by atoms with Crippen molar-refractivity contribution in [1.82, 2.24) is 5.32 Å². The van der Waals surface area contributed by atoms with E-state index >= 15 is 0 Å². The molecule has 0 unspecified atom stereocenters. The maximum Gasteiger partial charge on any atom is 0.336 e. The molecule has 0 radical (unpaired) electrons. The highest BCUT2D eigenvalue weighted by Crippen LogP contribution is 2.29. The topological polar surface area (TPSA) is 68.5 Å². The molecule has 0 saturated heterocycles. The minimum absolute atomic E-state index is 0.162. The second-order valence-electron chi connectivity index (χ2n) is 6.05. The van der Waals surface area contributed by atoms with E-state index in [-0.39, 0.29) is 6.54 Å². The summed E-state index contributed by atoms with van der Waals surface area (Å²) in [7, 11) is 0. The van der Waals surface area contributed by atoms with Crippen LogP contribution in [0.3, 0.4) is 0 Å². The van der Waals surface area contributed by atoms with Gasteiger partial charge < -0.3 is 14.5 Å². The SMILES string of the molecule is Cc1ccc2c(CNC(=O)COc3c(F)c(F)c(F)c(F)c3F)cc(=O)oc2c1. The maximum atomic E-state index is 13.5. The third-order valence-electron chi connectivity index (χ3n) is 3.98. The molecule has 0 saturated carbocycles. The van der Waals surface area contributed by atoms with Crippen LogP contribution >= 0.6 is 0 Å². The van der Waals surface area contributed by atoms with E-state index in [1.807, 2.05) is 0 Å². The Morgan fingerprint density at radius 3 is 2.28 bits per heavy atom. The van der Waals surface area contributed by atoms with Crippen LogP contribution in [0.5, 0.6) is 5.75 Å². The number of halogens is 5. The summed E-state index contributed by atoms with van der Waals surface area (Å²) in [6.07, 6.45) is 0. The monoisotopic (exact) mass is 413 g/mol. The molecule has 0 spiro atoms. The Bertz CT molecular complexity index is 1150. The summed E-state index contributed by atoms with van der Waals surface area (Å²) < 4.78 is 75.9. The molecule has 1 heterocycles. The van der Waals surface area contributed by atoms with Gasteiger partial charge in [-0.2, -0.15) is 8.78 Å². The minimum atomic E-state index is -2.33. The van der Waals surface area contributed by atoms with Crippen LogP contribution in [0.2, 0.25) is 0 Å². The van der Waals surface area contributed by atoms with Crippen LogP contribution in [0, 0.1) is 36.0 Å². The Balaban J connectivity index is 1.72. The normalized spacial score (nSPS) is 11.0. The molecule has 152 valence electrons. The summed E-state index contributed by atoms with van der Waals surface area (Å²) in [4.78, 5) is 23.5. The quantitative estimate of drug-likeness (QED) is 0.301. The van der Waals surface area contributed by atoms with Gasteiger partial charge in [0.25, 0.3) is 5.91 Å². The van der Waals surface area contributed by atoms with Crippen molar-refractivity contribution in [2.45, 2.75) is 13.5 Å². The smallest absolute Gasteiger partial charge is 0.336 e. The molecule has 0 aliphatic rings. The van der Waals surface area contributed by atoms with Crippen LogP contribution in [-0.4, -0.2) is 12.5 Å². The number of aryl methyl sites for hydroxylation is 1. The molecular weight excluding hydrogens is 401 g/mol. The van der Waals surface area contributed by atoms with Crippen molar-refractivity contribution in [3.63, 3.8) is 0 Å². The lowest BCUT2D eigenvalue weighted by Crippen LogP contribution is -2.29. The van der Waals surface area contributed by atoms with Gasteiger partial charge in [0.1, 0.15) is 5.58 Å². The van der Waals surface area contributed by atoms with E-state index in [0.29, 0.717) is 16.5 Å². The van der Waals surface area contributed by atoms with Gasteiger partial charge in [0.15, 0.2) is 12.4 Å². The number of hydrogen-bond donors (Lipinski definition) is 1. The van der Waals surface area contributed by atoms with E-state index in [9.17, 15) is 31.5 Å². The zero-order valence-electron chi connectivity index (χ0n) is 14.7. The first kappa shape index (κ1) is 20.3. The van der Waals surface area contributed by atoms with Crippen molar-refractivity contribution in [2.75, 3.05) is 6.61 Å². The fourth-order valence-corrected chi connectivity index (χ4v) is 2.58. The largest absolute Gasteiger partial charge is 0.477 e. The lowest BCUT2D eigenvalue weighted by Gasteiger charge is -2.11. The highest BCUT2D eigenvalue weighted by molar-refractivity contribution is 5.82. The highest BCUT2D eigenvalue weighted by atomic mass is 19.2. The molecule has 10 heteroatoms. The molecule has 1 amide bonds. The Morgan fingerprint density at radius 1 is 1.00 bits per heavy atom. The second-order valence-corrected chi connectivity index (χ2v) is 6.05. The molecule has 0 bridgehead atoms.